The Morgan fingerprint density at radius 1 is 1.26 bits per heavy atom. The van der Waals surface area contributed by atoms with Crippen molar-refractivity contribution in [3.63, 3.8) is 0 Å². The summed E-state index contributed by atoms with van der Waals surface area (Å²) in [7, 11) is 0. The van der Waals surface area contributed by atoms with Crippen molar-refractivity contribution in [1.29, 1.82) is 0 Å². The van der Waals surface area contributed by atoms with Crippen molar-refractivity contribution in [1.82, 2.24) is 9.88 Å². The molecule has 0 saturated heterocycles. The van der Waals surface area contributed by atoms with Crippen molar-refractivity contribution in [3.05, 3.63) is 51.7 Å². The Kier molecular flexibility index (Phi) is 8.35. The Labute approximate surface area is 161 Å². The van der Waals surface area contributed by atoms with Crippen molar-refractivity contribution in [2.24, 2.45) is 0 Å². The zero-order chi connectivity index (χ0) is 19.6. The monoisotopic (exact) mass is 394 g/mol. The minimum absolute atomic E-state index is 0.226. The van der Waals surface area contributed by atoms with Crippen LogP contribution in [0.4, 0.5) is 4.39 Å². The number of thiazole rings is 1. The Morgan fingerprint density at radius 3 is 2.78 bits per heavy atom. The smallest absolute Gasteiger partial charge is 0.357 e. The summed E-state index contributed by atoms with van der Waals surface area (Å²) >= 11 is 1.28. The third-order valence-corrected chi connectivity index (χ3v) is 4.48. The van der Waals surface area contributed by atoms with E-state index in [2.05, 4.69) is 4.98 Å². The summed E-state index contributed by atoms with van der Waals surface area (Å²) in [4.78, 5) is 30.4. The highest BCUT2D eigenvalue weighted by Gasteiger charge is 2.19. The lowest BCUT2D eigenvalue weighted by Gasteiger charge is -2.22. The number of aromatic nitrogens is 1. The fourth-order valence-electron chi connectivity index (χ4n) is 2.40. The number of ether oxygens (including phenoxy) is 2. The maximum Gasteiger partial charge on any atom is 0.357 e. The highest BCUT2D eigenvalue weighted by molar-refractivity contribution is 7.09. The second-order valence-electron chi connectivity index (χ2n) is 5.63. The maximum atomic E-state index is 13.5. The molecule has 2 rings (SSSR count). The van der Waals surface area contributed by atoms with Crippen LogP contribution in [0.25, 0.3) is 0 Å². The predicted octanol–water partition coefficient (Wildman–Crippen LogP) is 3.53. The van der Waals surface area contributed by atoms with E-state index in [1.807, 2.05) is 6.92 Å². The van der Waals surface area contributed by atoms with Crippen LogP contribution in [0.5, 0.6) is 0 Å². The number of amides is 1. The zero-order valence-electron chi connectivity index (χ0n) is 15.4. The molecule has 0 saturated carbocycles. The SMILES string of the molecule is CCOCCCN(Cc1nc(C(=O)OCC)cs1)C(=O)c1cccc(F)c1. The number of hydrogen-bond donors (Lipinski definition) is 0. The van der Waals surface area contributed by atoms with Gasteiger partial charge < -0.3 is 14.4 Å². The lowest BCUT2D eigenvalue weighted by molar-refractivity contribution is 0.0520. The van der Waals surface area contributed by atoms with Crippen LogP contribution in [-0.2, 0) is 16.0 Å². The fourth-order valence-corrected chi connectivity index (χ4v) is 3.18. The van der Waals surface area contributed by atoms with Gasteiger partial charge in [0.1, 0.15) is 10.8 Å². The molecule has 0 fully saturated rings. The third kappa shape index (κ3) is 6.41. The molecule has 0 atom stereocenters. The minimum Gasteiger partial charge on any atom is -0.461 e. The molecule has 0 unspecified atom stereocenters. The van der Waals surface area contributed by atoms with Gasteiger partial charge in [-0.1, -0.05) is 6.07 Å². The van der Waals surface area contributed by atoms with Gasteiger partial charge in [-0.3, -0.25) is 4.79 Å². The molecular weight excluding hydrogens is 371 g/mol. The van der Waals surface area contributed by atoms with Gasteiger partial charge in [0.25, 0.3) is 5.91 Å². The molecule has 8 heteroatoms. The first-order chi connectivity index (χ1) is 13.0. The first-order valence-corrected chi connectivity index (χ1v) is 9.67. The van der Waals surface area contributed by atoms with Crippen LogP contribution in [0, 0.1) is 5.82 Å². The van der Waals surface area contributed by atoms with E-state index in [9.17, 15) is 14.0 Å². The van der Waals surface area contributed by atoms with Crippen LogP contribution >= 0.6 is 11.3 Å². The zero-order valence-corrected chi connectivity index (χ0v) is 16.3. The first-order valence-electron chi connectivity index (χ1n) is 8.79. The van der Waals surface area contributed by atoms with Crippen molar-refractivity contribution >= 4 is 23.2 Å². The van der Waals surface area contributed by atoms with Crippen molar-refractivity contribution < 1.29 is 23.5 Å². The van der Waals surface area contributed by atoms with Crippen LogP contribution in [0.2, 0.25) is 0 Å². The summed E-state index contributed by atoms with van der Waals surface area (Å²) in [6.07, 6.45) is 0.644. The van der Waals surface area contributed by atoms with E-state index in [-0.39, 0.29) is 30.3 Å². The molecular formula is C19H23FN2O4S. The van der Waals surface area contributed by atoms with E-state index >= 15 is 0 Å². The van der Waals surface area contributed by atoms with Crippen LogP contribution in [0.15, 0.2) is 29.6 Å². The van der Waals surface area contributed by atoms with Gasteiger partial charge in [-0.15, -0.1) is 11.3 Å². The van der Waals surface area contributed by atoms with E-state index in [0.717, 1.165) is 0 Å². The third-order valence-electron chi connectivity index (χ3n) is 3.64. The normalized spacial score (nSPS) is 10.6. The first kappa shape index (κ1) is 21.0. The molecule has 0 aliphatic carbocycles. The summed E-state index contributed by atoms with van der Waals surface area (Å²) in [6.45, 7) is 5.69. The molecule has 27 heavy (non-hydrogen) atoms. The van der Waals surface area contributed by atoms with Gasteiger partial charge in [0, 0.05) is 30.7 Å². The number of halogens is 1. The maximum absolute atomic E-state index is 13.5. The molecule has 1 aromatic heterocycles. The molecule has 1 aromatic carbocycles. The Bertz CT molecular complexity index is 766. The van der Waals surface area contributed by atoms with Crippen LogP contribution in [-0.4, -0.2) is 48.1 Å². The molecule has 146 valence electrons. The van der Waals surface area contributed by atoms with Gasteiger partial charge in [0.2, 0.25) is 0 Å². The number of carbonyl (C=O) groups is 2. The predicted molar refractivity (Wildman–Crippen MR) is 100 cm³/mol. The molecule has 0 aliphatic rings. The number of rotatable bonds is 10. The summed E-state index contributed by atoms with van der Waals surface area (Å²) in [6, 6.07) is 5.59. The molecule has 0 radical (unpaired) electrons. The lowest BCUT2D eigenvalue weighted by atomic mass is 10.2. The van der Waals surface area contributed by atoms with E-state index < -0.39 is 11.8 Å². The molecule has 1 heterocycles. The summed E-state index contributed by atoms with van der Waals surface area (Å²) in [5.41, 5.74) is 0.498. The number of nitrogens with zero attached hydrogens (tertiary/aromatic N) is 2. The van der Waals surface area contributed by atoms with Gasteiger partial charge in [-0.25, -0.2) is 14.2 Å². The average molecular weight is 394 g/mol. The Hall–Kier alpha value is -2.32. The molecule has 2 aromatic rings. The van der Waals surface area contributed by atoms with E-state index in [0.29, 0.717) is 31.2 Å². The minimum atomic E-state index is -0.487. The van der Waals surface area contributed by atoms with Crippen molar-refractivity contribution in [2.45, 2.75) is 26.8 Å². The van der Waals surface area contributed by atoms with Gasteiger partial charge >= 0.3 is 5.97 Å². The number of carbonyl (C=O) groups excluding carboxylic acids is 2. The molecule has 0 aliphatic heterocycles. The van der Waals surface area contributed by atoms with E-state index in [1.54, 1.807) is 23.3 Å². The summed E-state index contributed by atoms with van der Waals surface area (Å²) < 4.78 is 23.7. The lowest BCUT2D eigenvalue weighted by Crippen LogP contribution is -2.32. The van der Waals surface area contributed by atoms with Gasteiger partial charge in [-0.05, 0) is 38.5 Å². The van der Waals surface area contributed by atoms with Gasteiger partial charge in [0.05, 0.1) is 13.2 Å². The standard InChI is InChI=1S/C19H23FN2O4S/c1-3-25-10-6-9-22(18(23)14-7-5-8-15(20)11-14)12-17-21-16(13-27-17)19(24)26-4-2/h5,7-8,11,13H,3-4,6,9-10,12H2,1-2H3. The topological polar surface area (TPSA) is 68.7 Å². The molecule has 0 spiro atoms. The summed E-state index contributed by atoms with van der Waals surface area (Å²) in [5, 5.41) is 2.22. The average Bonchev–Trinajstić information content (AvgIpc) is 3.12. The highest BCUT2D eigenvalue weighted by atomic mass is 32.1. The Morgan fingerprint density at radius 2 is 2.07 bits per heavy atom. The summed E-state index contributed by atoms with van der Waals surface area (Å²) in [5.74, 6) is -1.24. The Balaban J connectivity index is 2.12. The van der Waals surface area contributed by atoms with Crippen LogP contribution < -0.4 is 0 Å². The quantitative estimate of drug-likeness (QED) is 0.455. The second kappa shape index (κ2) is 10.7. The largest absolute Gasteiger partial charge is 0.461 e. The van der Waals surface area contributed by atoms with Gasteiger partial charge in [0.15, 0.2) is 5.69 Å². The van der Waals surface area contributed by atoms with Crippen LogP contribution in [0.1, 0.15) is 46.1 Å². The number of hydrogen-bond acceptors (Lipinski definition) is 6. The molecule has 0 N–H and O–H groups in total. The van der Waals surface area contributed by atoms with E-state index in [1.165, 1.54) is 29.5 Å². The number of benzene rings is 1. The molecule has 6 nitrogen and oxygen atoms in total. The van der Waals surface area contributed by atoms with E-state index in [4.69, 9.17) is 9.47 Å². The second-order valence-corrected chi connectivity index (χ2v) is 6.58. The van der Waals surface area contributed by atoms with Crippen molar-refractivity contribution in [2.75, 3.05) is 26.4 Å². The number of esters is 1. The highest BCUT2D eigenvalue weighted by Crippen LogP contribution is 2.16. The fraction of sp³-hybridized carbons (Fsp3) is 0.421. The van der Waals surface area contributed by atoms with Crippen LogP contribution in [0.3, 0.4) is 0 Å². The van der Waals surface area contributed by atoms with Crippen molar-refractivity contribution in [3.8, 4) is 0 Å². The van der Waals surface area contributed by atoms with Gasteiger partial charge in [-0.2, -0.15) is 0 Å². The molecule has 1 amide bonds. The molecule has 0 bridgehead atoms.